The second-order valence-corrected chi connectivity index (χ2v) is 17.2. The molecule has 0 radical (unpaired) electrons. The minimum atomic E-state index is -3.06. The fraction of sp³-hybridized carbons (Fsp3) is 0.548. The number of hydrogen-bond acceptors (Lipinski definition) is 7. The lowest BCUT2D eigenvalue weighted by molar-refractivity contribution is 0.457. The number of halogens is 1. The van der Waals surface area contributed by atoms with Gasteiger partial charge in [0, 0.05) is 35.7 Å². The third kappa shape index (κ3) is 27.1. The van der Waals surface area contributed by atoms with Gasteiger partial charge in [-0.3, -0.25) is 4.98 Å². The first-order chi connectivity index (χ1) is 23.6. The van der Waals surface area contributed by atoms with Gasteiger partial charge in [0.25, 0.3) is 0 Å². The molecule has 51 heavy (non-hydrogen) atoms. The molecule has 1 aromatic carbocycles. The summed E-state index contributed by atoms with van der Waals surface area (Å²) in [6.07, 6.45) is 7.89. The Balaban J connectivity index is 0. The molecule has 4 rings (SSSR count). The Labute approximate surface area is 317 Å². The Kier molecular flexibility index (Phi) is 26.8. The molecule has 286 valence electrons. The first-order valence-electron chi connectivity index (χ1n) is 18.0. The van der Waals surface area contributed by atoms with E-state index in [0.717, 1.165) is 40.4 Å². The first kappa shape index (κ1) is 49.9. The van der Waals surface area contributed by atoms with Crippen LogP contribution in [-0.2, 0) is 9.84 Å². The van der Waals surface area contributed by atoms with Crippen LogP contribution in [-0.4, -0.2) is 39.6 Å². The van der Waals surface area contributed by atoms with Crippen LogP contribution in [0, 0.1) is 17.8 Å². The lowest BCUT2D eigenvalue weighted by Crippen LogP contribution is -1.98. The highest BCUT2D eigenvalue weighted by atomic mass is 35.5. The maximum Gasteiger partial charge on any atom is 0.175 e. The van der Waals surface area contributed by atoms with Crippen molar-refractivity contribution in [3.05, 3.63) is 107 Å². The van der Waals surface area contributed by atoms with Crippen LogP contribution in [0.2, 0.25) is 5.15 Å². The van der Waals surface area contributed by atoms with Crippen LogP contribution in [0.15, 0.2) is 84.5 Å². The van der Waals surface area contributed by atoms with Crippen molar-refractivity contribution in [3.63, 3.8) is 0 Å². The molecule has 3 aromatic heterocycles. The maximum absolute atomic E-state index is 11.2. The molecule has 7 nitrogen and oxygen atoms in total. The van der Waals surface area contributed by atoms with Gasteiger partial charge >= 0.3 is 0 Å². The SMILES string of the molecule is CC(C)C.CC(C)C(C)C.CC(C)c1cc(Cl)ncn1.CC(C)c1cccc(S(C)(=O)=O)c1.CC(C)c1ccccn1.CC(C)c1ccncn1. The quantitative estimate of drug-likeness (QED) is 0.181. The summed E-state index contributed by atoms with van der Waals surface area (Å²) in [7, 11) is -3.06. The Bertz CT molecular complexity index is 1480. The van der Waals surface area contributed by atoms with Crippen LogP contribution in [0.3, 0.4) is 0 Å². The topological polar surface area (TPSA) is 98.6 Å². The first-order valence-corrected chi connectivity index (χ1v) is 20.3. The zero-order valence-electron chi connectivity index (χ0n) is 34.4. The second kappa shape index (κ2) is 27.4. The number of aromatic nitrogens is 5. The van der Waals surface area contributed by atoms with Gasteiger partial charge in [0.2, 0.25) is 0 Å². The molecule has 4 aromatic rings. The van der Waals surface area contributed by atoms with E-state index in [9.17, 15) is 8.42 Å². The van der Waals surface area contributed by atoms with Crippen molar-refractivity contribution in [2.24, 2.45) is 17.8 Å². The van der Waals surface area contributed by atoms with E-state index in [1.807, 2.05) is 50.4 Å². The number of nitrogens with zero attached hydrogens (tertiary/aromatic N) is 5. The van der Waals surface area contributed by atoms with Crippen LogP contribution in [0.25, 0.3) is 0 Å². The molecule has 0 saturated heterocycles. The summed E-state index contributed by atoms with van der Waals surface area (Å²) in [4.78, 5) is 20.3. The molecule has 0 aliphatic rings. The molecule has 0 aliphatic carbocycles. The van der Waals surface area contributed by atoms with Crippen LogP contribution < -0.4 is 0 Å². The van der Waals surface area contributed by atoms with Gasteiger partial charge in [0.15, 0.2) is 9.84 Å². The Morgan fingerprint density at radius 2 is 1.04 bits per heavy atom. The lowest BCUT2D eigenvalue weighted by Gasteiger charge is -2.06. The van der Waals surface area contributed by atoms with Crippen molar-refractivity contribution in [1.29, 1.82) is 0 Å². The minimum Gasteiger partial charge on any atom is -0.261 e. The fourth-order valence-electron chi connectivity index (χ4n) is 3.13. The molecule has 0 saturated carbocycles. The van der Waals surface area contributed by atoms with Crippen molar-refractivity contribution in [3.8, 4) is 0 Å². The second-order valence-electron chi connectivity index (χ2n) is 14.8. The smallest absolute Gasteiger partial charge is 0.175 e. The number of rotatable bonds is 6. The normalized spacial score (nSPS) is 10.7. The van der Waals surface area contributed by atoms with Gasteiger partial charge in [-0.05, 0) is 83.4 Å². The molecule has 0 amide bonds. The van der Waals surface area contributed by atoms with Gasteiger partial charge in [0.05, 0.1) is 4.90 Å². The van der Waals surface area contributed by atoms with E-state index in [0.29, 0.717) is 33.7 Å². The van der Waals surface area contributed by atoms with Crippen LogP contribution in [0.5, 0.6) is 0 Å². The van der Waals surface area contributed by atoms with Gasteiger partial charge in [-0.25, -0.2) is 28.4 Å². The Morgan fingerprint density at radius 1 is 0.529 bits per heavy atom. The molecular weight excluding hydrogens is 674 g/mol. The molecule has 9 heteroatoms. The highest BCUT2D eigenvalue weighted by Crippen LogP contribution is 2.18. The summed E-state index contributed by atoms with van der Waals surface area (Å²) in [5, 5.41) is 0.513. The lowest BCUT2D eigenvalue weighted by atomic mass is 10.0. The summed E-state index contributed by atoms with van der Waals surface area (Å²) in [6, 6.07) is 16.8. The third-order valence-corrected chi connectivity index (χ3v) is 8.33. The van der Waals surface area contributed by atoms with Gasteiger partial charge in [0.1, 0.15) is 17.8 Å². The summed E-state index contributed by atoms with van der Waals surface area (Å²) in [6.45, 7) is 32.2. The van der Waals surface area contributed by atoms with E-state index in [4.69, 9.17) is 11.6 Å². The van der Waals surface area contributed by atoms with Gasteiger partial charge in [-0.15, -0.1) is 0 Å². The van der Waals surface area contributed by atoms with E-state index >= 15 is 0 Å². The van der Waals surface area contributed by atoms with Crippen molar-refractivity contribution >= 4 is 21.4 Å². The van der Waals surface area contributed by atoms with Crippen molar-refractivity contribution in [2.75, 3.05) is 6.26 Å². The summed E-state index contributed by atoms with van der Waals surface area (Å²) in [5.41, 5.74) is 4.31. The molecule has 0 unspecified atom stereocenters. The minimum absolute atomic E-state index is 0.363. The van der Waals surface area contributed by atoms with E-state index in [1.54, 1.807) is 36.8 Å². The number of benzene rings is 1. The summed E-state index contributed by atoms with van der Waals surface area (Å²) < 4.78 is 22.4. The van der Waals surface area contributed by atoms with Crippen molar-refractivity contribution < 1.29 is 8.42 Å². The zero-order chi connectivity index (χ0) is 39.7. The number of hydrogen-bond donors (Lipinski definition) is 0. The van der Waals surface area contributed by atoms with Crippen molar-refractivity contribution in [1.82, 2.24) is 24.9 Å². The molecular formula is C42H68ClN5O2S. The zero-order valence-corrected chi connectivity index (χ0v) is 36.0. The standard InChI is InChI=1S/C10H14O2S.C8H11N.C7H9ClN2.C7H10N2.C6H14.C4H10/c1-8(2)9-5-4-6-10(7-9)13(3,11)12;1-7(2)8-5-3-4-6-9-8;1-5(2)6-3-7(8)10-4-9-6;1-6(2)7-3-4-8-5-9-7;1-5(2)6(3)4;1-4(2)3/h4-8H,1-3H3;3-7H,1-2H3;3-5H,1-2H3;3-6H,1-2H3;5-6H,1-4H3;4H,1-3H3. The van der Waals surface area contributed by atoms with E-state index < -0.39 is 9.84 Å². The molecule has 0 N–H and O–H groups in total. The molecule has 0 spiro atoms. The Hall–Kier alpha value is -3.23. The highest BCUT2D eigenvalue weighted by molar-refractivity contribution is 7.90. The van der Waals surface area contributed by atoms with Crippen LogP contribution >= 0.6 is 11.6 Å². The van der Waals surface area contributed by atoms with Crippen molar-refractivity contribution in [2.45, 2.75) is 132 Å². The van der Waals surface area contributed by atoms with Crippen LogP contribution in [0.1, 0.15) is 150 Å². The fourth-order valence-corrected chi connectivity index (χ4v) is 3.96. The molecule has 0 fully saturated rings. The molecule has 0 aliphatic heterocycles. The average molecular weight is 743 g/mol. The van der Waals surface area contributed by atoms with E-state index in [-0.39, 0.29) is 0 Å². The molecule has 0 atom stereocenters. The Morgan fingerprint density at radius 3 is 1.35 bits per heavy atom. The summed E-state index contributed by atoms with van der Waals surface area (Å²) >= 11 is 5.64. The predicted molar refractivity (Wildman–Crippen MR) is 219 cm³/mol. The largest absolute Gasteiger partial charge is 0.261 e. The summed E-state index contributed by atoms with van der Waals surface area (Å²) in [5.74, 6) is 4.37. The number of sulfone groups is 1. The van der Waals surface area contributed by atoms with E-state index in [1.165, 1.54) is 12.6 Å². The highest BCUT2D eigenvalue weighted by Gasteiger charge is 2.08. The average Bonchev–Trinajstić information content (AvgIpc) is 3.06. The molecule has 0 bridgehead atoms. The number of pyridine rings is 1. The third-order valence-electron chi connectivity index (χ3n) is 7.01. The monoisotopic (exact) mass is 741 g/mol. The van der Waals surface area contributed by atoms with Gasteiger partial charge in [-0.2, -0.15) is 0 Å². The van der Waals surface area contributed by atoms with Gasteiger partial charge in [-0.1, -0.05) is 134 Å². The maximum atomic E-state index is 11.2. The molecule has 3 heterocycles. The van der Waals surface area contributed by atoms with E-state index in [2.05, 4.69) is 115 Å². The van der Waals surface area contributed by atoms with Crippen LogP contribution in [0.4, 0.5) is 0 Å². The van der Waals surface area contributed by atoms with Gasteiger partial charge < -0.3 is 0 Å². The predicted octanol–water partition coefficient (Wildman–Crippen LogP) is 12.2.